The van der Waals surface area contributed by atoms with Crippen molar-refractivity contribution >= 4 is 27.6 Å². The van der Waals surface area contributed by atoms with E-state index in [9.17, 15) is 18.0 Å². The Morgan fingerprint density at radius 1 is 1.09 bits per heavy atom. The summed E-state index contributed by atoms with van der Waals surface area (Å²) in [5.74, 6) is -0.578. The summed E-state index contributed by atoms with van der Waals surface area (Å²) in [6.07, 6.45) is 3.57. The molecule has 0 aliphatic rings. The summed E-state index contributed by atoms with van der Waals surface area (Å²) in [5, 5.41) is 2.47. The number of amides is 3. The standard InChI is InChI=1S/C22H22N4O5S/c1-31-21-18(16-6-2-7-17(13-16)25-22(23)28)8-3-9-19(21)32(29,30)26-20(27)11-10-15-5-4-12-24-14-15/h2-9,12-14H,10-11H2,1H3,(H,26,27)(H3,23,25,28). The highest BCUT2D eigenvalue weighted by molar-refractivity contribution is 7.90. The van der Waals surface area contributed by atoms with E-state index in [1.54, 1.807) is 54.9 Å². The molecule has 0 spiro atoms. The first-order valence-corrected chi connectivity index (χ1v) is 11.1. The molecule has 0 aliphatic heterocycles. The second kappa shape index (κ2) is 9.92. The number of urea groups is 1. The van der Waals surface area contributed by atoms with Gasteiger partial charge in [0, 0.05) is 30.1 Å². The van der Waals surface area contributed by atoms with E-state index in [2.05, 4.69) is 15.0 Å². The van der Waals surface area contributed by atoms with Crippen LogP contribution in [-0.4, -0.2) is 32.4 Å². The van der Waals surface area contributed by atoms with Gasteiger partial charge in [0.25, 0.3) is 10.0 Å². The van der Waals surface area contributed by atoms with Gasteiger partial charge in [-0.1, -0.05) is 30.3 Å². The Labute approximate surface area is 185 Å². The zero-order valence-electron chi connectivity index (χ0n) is 17.2. The SMILES string of the molecule is COc1c(-c2cccc(NC(N)=O)c2)cccc1S(=O)(=O)NC(=O)CCc1cccnc1. The summed E-state index contributed by atoms with van der Waals surface area (Å²) in [7, 11) is -2.86. The number of pyridine rings is 1. The molecule has 0 unspecified atom stereocenters. The molecule has 0 fully saturated rings. The first kappa shape index (κ1) is 22.8. The maximum Gasteiger partial charge on any atom is 0.316 e. The maximum atomic E-state index is 12.9. The largest absolute Gasteiger partial charge is 0.495 e. The third-order valence-electron chi connectivity index (χ3n) is 4.53. The lowest BCUT2D eigenvalue weighted by atomic mass is 10.0. The highest BCUT2D eigenvalue weighted by Crippen LogP contribution is 2.36. The number of hydrogen-bond donors (Lipinski definition) is 3. The van der Waals surface area contributed by atoms with Gasteiger partial charge in [-0.15, -0.1) is 0 Å². The van der Waals surface area contributed by atoms with Gasteiger partial charge < -0.3 is 15.8 Å². The van der Waals surface area contributed by atoms with Gasteiger partial charge in [-0.05, 0) is 41.8 Å². The molecule has 10 heteroatoms. The molecule has 4 N–H and O–H groups in total. The minimum Gasteiger partial charge on any atom is -0.495 e. The van der Waals surface area contributed by atoms with Gasteiger partial charge >= 0.3 is 6.03 Å². The van der Waals surface area contributed by atoms with Crippen LogP contribution in [0, 0.1) is 0 Å². The van der Waals surface area contributed by atoms with Crippen LogP contribution in [-0.2, 0) is 21.2 Å². The van der Waals surface area contributed by atoms with Crippen molar-refractivity contribution in [1.82, 2.24) is 9.71 Å². The van der Waals surface area contributed by atoms with Gasteiger partial charge in [-0.25, -0.2) is 17.9 Å². The first-order valence-electron chi connectivity index (χ1n) is 9.58. The van der Waals surface area contributed by atoms with Crippen LogP contribution in [0.2, 0.25) is 0 Å². The normalized spacial score (nSPS) is 10.9. The van der Waals surface area contributed by atoms with Gasteiger partial charge in [0.15, 0.2) is 0 Å². The number of primary amides is 1. The minimum absolute atomic E-state index is 0.0201. The minimum atomic E-state index is -4.20. The number of nitrogens with two attached hydrogens (primary N) is 1. The van der Waals surface area contributed by atoms with E-state index in [-0.39, 0.29) is 17.1 Å². The third-order valence-corrected chi connectivity index (χ3v) is 5.92. The van der Waals surface area contributed by atoms with Gasteiger partial charge in [-0.3, -0.25) is 9.78 Å². The van der Waals surface area contributed by atoms with E-state index in [0.29, 0.717) is 23.2 Å². The number of ether oxygens (including phenoxy) is 1. The number of aryl methyl sites for hydroxylation is 1. The lowest BCUT2D eigenvalue weighted by Crippen LogP contribution is -2.31. The van der Waals surface area contributed by atoms with Crippen LogP contribution in [0.15, 0.2) is 71.9 Å². The second-order valence-corrected chi connectivity index (χ2v) is 8.45. The molecule has 3 amide bonds. The summed E-state index contributed by atoms with van der Waals surface area (Å²) in [6.45, 7) is 0. The molecular formula is C22H22N4O5S. The zero-order valence-corrected chi connectivity index (χ0v) is 18.1. The number of anilines is 1. The summed E-state index contributed by atoms with van der Waals surface area (Å²) in [5.41, 5.74) is 7.48. The highest BCUT2D eigenvalue weighted by atomic mass is 32.2. The lowest BCUT2D eigenvalue weighted by molar-refractivity contribution is -0.119. The Kier molecular flexibility index (Phi) is 7.06. The van der Waals surface area contributed by atoms with Crippen LogP contribution in [0.1, 0.15) is 12.0 Å². The van der Waals surface area contributed by atoms with Crippen molar-refractivity contribution in [3.8, 4) is 16.9 Å². The molecule has 0 bridgehead atoms. The average Bonchev–Trinajstić information content (AvgIpc) is 2.77. The number of hydrogen-bond acceptors (Lipinski definition) is 6. The van der Waals surface area contributed by atoms with Crippen LogP contribution < -0.4 is 20.5 Å². The fraction of sp³-hybridized carbons (Fsp3) is 0.136. The van der Waals surface area contributed by atoms with Crippen molar-refractivity contribution in [2.24, 2.45) is 5.73 Å². The summed E-state index contributed by atoms with van der Waals surface area (Å²) < 4.78 is 33.4. The zero-order chi connectivity index (χ0) is 23.1. The Bertz CT molecular complexity index is 1230. The summed E-state index contributed by atoms with van der Waals surface area (Å²) >= 11 is 0. The Balaban J connectivity index is 1.86. The van der Waals surface area contributed by atoms with Gasteiger partial charge in [0.1, 0.15) is 10.6 Å². The molecule has 0 radical (unpaired) electrons. The van der Waals surface area contributed by atoms with Crippen LogP contribution in [0.4, 0.5) is 10.5 Å². The number of carbonyl (C=O) groups is 2. The van der Waals surface area contributed by atoms with E-state index in [1.807, 2.05) is 6.07 Å². The Hall–Kier alpha value is -3.92. The van der Waals surface area contributed by atoms with E-state index >= 15 is 0 Å². The molecule has 3 rings (SSSR count). The molecule has 166 valence electrons. The monoisotopic (exact) mass is 454 g/mol. The topological polar surface area (TPSA) is 140 Å². The van der Waals surface area contributed by atoms with E-state index in [0.717, 1.165) is 5.56 Å². The average molecular weight is 455 g/mol. The molecule has 0 aliphatic carbocycles. The predicted molar refractivity (Wildman–Crippen MR) is 120 cm³/mol. The third kappa shape index (κ3) is 5.61. The lowest BCUT2D eigenvalue weighted by Gasteiger charge is -2.15. The molecule has 1 heterocycles. The van der Waals surface area contributed by atoms with Crippen LogP contribution in [0.3, 0.4) is 0 Å². The number of sulfonamides is 1. The number of aromatic nitrogens is 1. The maximum absolute atomic E-state index is 12.9. The Morgan fingerprint density at radius 3 is 2.56 bits per heavy atom. The van der Waals surface area contributed by atoms with Crippen LogP contribution in [0.25, 0.3) is 11.1 Å². The second-order valence-electron chi connectivity index (χ2n) is 6.80. The molecular weight excluding hydrogens is 432 g/mol. The predicted octanol–water partition coefficient (Wildman–Crippen LogP) is 2.69. The van der Waals surface area contributed by atoms with E-state index < -0.39 is 22.0 Å². The number of rotatable bonds is 8. The van der Waals surface area contributed by atoms with Crippen molar-refractivity contribution in [3.63, 3.8) is 0 Å². The summed E-state index contributed by atoms with van der Waals surface area (Å²) in [4.78, 5) is 27.2. The van der Waals surface area contributed by atoms with Gasteiger partial charge in [0.2, 0.25) is 5.91 Å². The van der Waals surface area contributed by atoms with Crippen molar-refractivity contribution in [2.75, 3.05) is 12.4 Å². The van der Waals surface area contributed by atoms with Crippen molar-refractivity contribution in [3.05, 3.63) is 72.6 Å². The van der Waals surface area contributed by atoms with E-state index in [1.165, 1.54) is 13.2 Å². The number of benzene rings is 2. The molecule has 1 aromatic heterocycles. The Morgan fingerprint density at radius 2 is 1.88 bits per heavy atom. The number of nitrogens with zero attached hydrogens (tertiary/aromatic N) is 1. The van der Waals surface area contributed by atoms with Crippen molar-refractivity contribution in [1.29, 1.82) is 0 Å². The highest BCUT2D eigenvalue weighted by Gasteiger charge is 2.24. The van der Waals surface area contributed by atoms with Crippen LogP contribution in [0.5, 0.6) is 5.75 Å². The fourth-order valence-corrected chi connectivity index (χ4v) is 4.34. The molecule has 0 atom stereocenters. The fourth-order valence-electron chi connectivity index (χ4n) is 3.13. The first-order chi connectivity index (χ1) is 15.3. The van der Waals surface area contributed by atoms with Crippen molar-refractivity contribution < 1.29 is 22.7 Å². The molecule has 0 saturated carbocycles. The molecule has 32 heavy (non-hydrogen) atoms. The van der Waals surface area contributed by atoms with Gasteiger partial charge in [0.05, 0.1) is 7.11 Å². The van der Waals surface area contributed by atoms with Crippen LogP contribution >= 0.6 is 0 Å². The number of carbonyl (C=O) groups excluding carboxylic acids is 2. The smallest absolute Gasteiger partial charge is 0.316 e. The van der Waals surface area contributed by atoms with E-state index in [4.69, 9.17) is 10.5 Å². The molecule has 0 saturated heterocycles. The molecule has 3 aromatic rings. The van der Waals surface area contributed by atoms with Crippen molar-refractivity contribution in [2.45, 2.75) is 17.7 Å². The quantitative estimate of drug-likeness (QED) is 0.478. The van der Waals surface area contributed by atoms with Gasteiger partial charge in [-0.2, -0.15) is 0 Å². The number of methoxy groups -OCH3 is 1. The number of para-hydroxylation sites is 1. The molecule has 9 nitrogen and oxygen atoms in total. The molecule has 2 aromatic carbocycles. The number of nitrogens with one attached hydrogen (secondary N) is 2. The summed E-state index contributed by atoms with van der Waals surface area (Å²) in [6, 6.07) is 14.1.